The number of hydrogen-bond donors (Lipinski definition) is 1. The molecule has 0 radical (unpaired) electrons. The average Bonchev–Trinajstić information content (AvgIpc) is 2.45. The van der Waals surface area contributed by atoms with Gasteiger partial charge < -0.3 is 15.1 Å². The van der Waals surface area contributed by atoms with Crippen molar-refractivity contribution in [3.8, 4) is 0 Å². The summed E-state index contributed by atoms with van der Waals surface area (Å²) in [7, 11) is 5.72. The molecule has 0 aromatic carbocycles. The summed E-state index contributed by atoms with van der Waals surface area (Å²) in [6.45, 7) is 2.56. The number of pyridine rings is 1. The van der Waals surface area contributed by atoms with Crippen LogP contribution < -0.4 is 10.2 Å². The highest BCUT2D eigenvalue weighted by Gasteiger charge is 2.14. The van der Waals surface area contributed by atoms with E-state index in [1.165, 1.54) is 5.56 Å². The van der Waals surface area contributed by atoms with Crippen LogP contribution in [-0.4, -0.2) is 50.0 Å². The maximum absolute atomic E-state index is 12.1. The van der Waals surface area contributed by atoms with Crippen LogP contribution in [0.1, 0.15) is 11.3 Å². The summed E-state index contributed by atoms with van der Waals surface area (Å²) in [4.78, 5) is 20.2. The van der Waals surface area contributed by atoms with Crippen molar-refractivity contribution in [1.82, 2.24) is 15.2 Å². The maximum atomic E-state index is 12.1. The highest BCUT2D eigenvalue weighted by molar-refractivity contribution is 6.00. The van der Waals surface area contributed by atoms with Gasteiger partial charge in [0, 0.05) is 44.9 Å². The predicted molar refractivity (Wildman–Crippen MR) is 80.8 cm³/mol. The first-order valence-corrected chi connectivity index (χ1v) is 6.85. The third-order valence-electron chi connectivity index (χ3n) is 3.35. The number of carbonyl (C=O) groups excluding carboxylic acids is 1. The standard InChI is InChI=1S/C15H22N4O/c1-18(2)8-4-5-15(20)19(3)13-9-12-10-16-7-6-14(12)17-11-13/h4-5,9,11,16H,6-8,10H2,1-3H3/b5-4+. The largest absolute Gasteiger partial charge is 0.312 e. The molecular formula is C15H22N4O. The van der Waals surface area contributed by atoms with E-state index in [1.54, 1.807) is 24.2 Å². The summed E-state index contributed by atoms with van der Waals surface area (Å²) >= 11 is 0. The van der Waals surface area contributed by atoms with Crippen molar-refractivity contribution in [3.05, 3.63) is 35.7 Å². The van der Waals surface area contributed by atoms with Crippen molar-refractivity contribution >= 4 is 11.6 Å². The topological polar surface area (TPSA) is 48.5 Å². The monoisotopic (exact) mass is 274 g/mol. The van der Waals surface area contributed by atoms with E-state index in [0.717, 1.165) is 37.4 Å². The Balaban J connectivity index is 2.06. The molecule has 5 nitrogen and oxygen atoms in total. The molecule has 1 aliphatic rings. The molecule has 1 aliphatic heterocycles. The third kappa shape index (κ3) is 3.65. The quantitative estimate of drug-likeness (QED) is 0.825. The van der Waals surface area contributed by atoms with Crippen LogP contribution in [0.2, 0.25) is 0 Å². The van der Waals surface area contributed by atoms with E-state index in [2.05, 4.69) is 10.3 Å². The molecule has 20 heavy (non-hydrogen) atoms. The molecule has 0 spiro atoms. The predicted octanol–water partition coefficient (Wildman–Crippen LogP) is 0.808. The van der Waals surface area contributed by atoms with Crippen LogP contribution in [0.25, 0.3) is 0 Å². The van der Waals surface area contributed by atoms with Crippen molar-refractivity contribution in [2.45, 2.75) is 13.0 Å². The molecule has 2 heterocycles. The first kappa shape index (κ1) is 14.7. The lowest BCUT2D eigenvalue weighted by atomic mass is 10.1. The van der Waals surface area contributed by atoms with E-state index in [9.17, 15) is 4.79 Å². The van der Waals surface area contributed by atoms with E-state index in [4.69, 9.17) is 0 Å². The lowest BCUT2D eigenvalue weighted by Crippen LogP contribution is -2.27. The van der Waals surface area contributed by atoms with Crippen LogP contribution in [0.4, 0.5) is 5.69 Å². The summed E-state index contributed by atoms with van der Waals surface area (Å²) in [5, 5.41) is 3.32. The molecule has 0 saturated carbocycles. The van der Waals surface area contributed by atoms with Crippen molar-refractivity contribution in [1.29, 1.82) is 0 Å². The van der Waals surface area contributed by atoms with Crippen molar-refractivity contribution in [2.75, 3.05) is 39.1 Å². The number of amides is 1. The minimum absolute atomic E-state index is 0.0302. The zero-order chi connectivity index (χ0) is 14.5. The van der Waals surface area contributed by atoms with E-state index >= 15 is 0 Å². The molecule has 1 amide bonds. The van der Waals surface area contributed by atoms with Crippen LogP contribution in [0.5, 0.6) is 0 Å². The van der Waals surface area contributed by atoms with Gasteiger partial charge in [-0.15, -0.1) is 0 Å². The fourth-order valence-electron chi connectivity index (χ4n) is 2.12. The Morgan fingerprint density at radius 3 is 3.00 bits per heavy atom. The summed E-state index contributed by atoms with van der Waals surface area (Å²) in [6, 6.07) is 2.05. The summed E-state index contributed by atoms with van der Waals surface area (Å²) < 4.78 is 0. The lowest BCUT2D eigenvalue weighted by molar-refractivity contribution is -0.113. The normalized spacial score (nSPS) is 14.6. The van der Waals surface area contributed by atoms with Crippen LogP contribution in [0.3, 0.4) is 0 Å². The smallest absolute Gasteiger partial charge is 0.250 e. The number of anilines is 1. The number of aromatic nitrogens is 1. The van der Waals surface area contributed by atoms with E-state index in [1.807, 2.05) is 31.1 Å². The SMILES string of the molecule is CN(C)C/C=C/C(=O)N(C)c1cnc2c(c1)CNCC2. The molecule has 1 aromatic heterocycles. The fourth-order valence-corrected chi connectivity index (χ4v) is 2.12. The second kappa shape index (κ2) is 6.63. The van der Waals surface area contributed by atoms with E-state index < -0.39 is 0 Å². The van der Waals surface area contributed by atoms with Crippen molar-refractivity contribution in [2.24, 2.45) is 0 Å². The number of carbonyl (C=O) groups is 1. The van der Waals surface area contributed by atoms with Crippen molar-refractivity contribution < 1.29 is 4.79 Å². The molecule has 0 bridgehead atoms. The molecule has 1 aromatic rings. The van der Waals surface area contributed by atoms with Gasteiger partial charge in [-0.3, -0.25) is 9.78 Å². The molecule has 0 aliphatic carbocycles. The number of nitrogens with zero attached hydrogens (tertiary/aromatic N) is 3. The molecule has 108 valence electrons. The van der Waals surface area contributed by atoms with Gasteiger partial charge in [-0.2, -0.15) is 0 Å². The average molecular weight is 274 g/mol. The number of fused-ring (bicyclic) bond motifs is 1. The molecular weight excluding hydrogens is 252 g/mol. The van der Waals surface area contributed by atoms with Gasteiger partial charge in [-0.25, -0.2) is 0 Å². The van der Waals surface area contributed by atoms with Gasteiger partial charge in [-0.1, -0.05) is 6.08 Å². The highest BCUT2D eigenvalue weighted by Crippen LogP contribution is 2.19. The van der Waals surface area contributed by atoms with Crippen LogP contribution >= 0.6 is 0 Å². The van der Waals surface area contributed by atoms with Crippen LogP contribution in [0.15, 0.2) is 24.4 Å². The highest BCUT2D eigenvalue weighted by atomic mass is 16.2. The Morgan fingerprint density at radius 2 is 2.25 bits per heavy atom. The van der Waals surface area contributed by atoms with Gasteiger partial charge in [0.05, 0.1) is 11.9 Å². The van der Waals surface area contributed by atoms with E-state index in [-0.39, 0.29) is 5.91 Å². The molecule has 0 fully saturated rings. The Bertz CT molecular complexity index is 511. The Morgan fingerprint density at radius 1 is 1.45 bits per heavy atom. The second-order valence-electron chi connectivity index (χ2n) is 5.29. The van der Waals surface area contributed by atoms with Crippen LogP contribution in [0, 0.1) is 0 Å². The van der Waals surface area contributed by atoms with Gasteiger partial charge in [0.15, 0.2) is 0 Å². The fraction of sp³-hybridized carbons (Fsp3) is 0.467. The van der Waals surface area contributed by atoms with Crippen LogP contribution in [-0.2, 0) is 17.8 Å². The van der Waals surface area contributed by atoms with Gasteiger partial charge in [0.1, 0.15) is 0 Å². The first-order chi connectivity index (χ1) is 9.58. The summed E-state index contributed by atoms with van der Waals surface area (Å²) in [5.41, 5.74) is 3.16. The maximum Gasteiger partial charge on any atom is 0.250 e. The number of hydrogen-bond acceptors (Lipinski definition) is 4. The molecule has 1 N–H and O–H groups in total. The number of nitrogens with one attached hydrogen (secondary N) is 1. The van der Waals surface area contributed by atoms with Gasteiger partial charge >= 0.3 is 0 Å². The summed E-state index contributed by atoms with van der Waals surface area (Å²) in [6.07, 6.45) is 6.21. The lowest BCUT2D eigenvalue weighted by Gasteiger charge is -2.20. The van der Waals surface area contributed by atoms with E-state index in [0.29, 0.717) is 0 Å². The molecule has 0 unspecified atom stereocenters. The summed E-state index contributed by atoms with van der Waals surface area (Å²) in [5.74, 6) is -0.0302. The van der Waals surface area contributed by atoms with Gasteiger partial charge in [0.2, 0.25) is 5.91 Å². The molecule has 0 saturated heterocycles. The van der Waals surface area contributed by atoms with Gasteiger partial charge in [-0.05, 0) is 25.7 Å². The second-order valence-corrected chi connectivity index (χ2v) is 5.29. The minimum atomic E-state index is -0.0302. The molecule has 5 heteroatoms. The molecule has 2 rings (SSSR count). The Labute approximate surface area is 120 Å². The zero-order valence-corrected chi connectivity index (χ0v) is 12.4. The van der Waals surface area contributed by atoms with Crippen molar-refractivity contribution in [3.63, 3.8) is 0 Å². The number of likely N-dealkylation sites (N-methyl/N-ethyl adjacent to an activating group) is 2. The first-order valence-electron chi connectivity index (χ1n) is 6.85. The molecule has 0 atom stereocenters. The minimum Gasteiger partial charge on any atom is -0.312 e. The van der Waals surface area contributed by atoms with Gasteiger partial charge in [0.25, 0.3) is 0 Å². The third-order valence-corrected chi connectivity index (χ3v) is 3.35. The Hall–Kier alpha value is -1.72. The number of rotatable bonds is 4. The Kier molecular flexibility index (Phi) is 4.87. The zero-order valence-electron chi connectivity index (χ0n) is 12.4.